The molecular weight excluding hydrogens is 467 g/mol. The molecule has 8 nitrogen and oxygen atoms in total. The van der Waals surface area contributed by atoms with Crippen molar-refractivity contribution in [1.29, 1.82) is 0 Å². The minimum Gasteiger partial charge on any atom is -0.326 e. The summed E-state index contributed by atoms with van der Waals surface area (Å²) in [6.45, 7) is 3.63. The number of halogens is 2. The second kappa shape index (κ2) is 9.78. The van der Waals surface area contributed by atoms with Gasteiger partial charge in [0, 0.05) is 18.1 Å². The Bertz CT molecular complexity index is 1080. The molecule has 0 radical (unpaired) electrons. The number of thioether (sulfide) groups is 1. The van der Waals surface area contributed by atoms with E-state index in [1.807, 2.05) is 12.3 Å². The number of nitrogens with zero attached hydrogens (tertiary/aromatic N) is 4. The highest BCUT2D eigenvalue weighted by Gasteiger charge is 2.20. The number of carbonyl (C=O) groups is 2. The number of thiazole rings is 1. The van der Waals surface area contributed by atoms with E-state index in [1.165, 1.54) is 23.1 Å². The van der Waals surface area contributed by atoms with E-state index < -0.39 is 5.25 Å². The van der Waals surface area contributed by atoms with Crippen LogP contribution in [-0.4, -0.2) is 36.8 Å². The molecular formula is C18H18Cl2N6O2S2. The summed E-state index contributed by atoms with van der Waals surface area (Å²) in [5.74, 6) is 0.0137. The van der Waals surface area contributed by atoms with Crippen molar-refractivity contribution in [3.8, 4) is 0 Å². The number of aryl methyl sites for hydroxylation is 1. The molecule has 0 fully saturated rings. The molecule has 0 aliphatic heterocycles. The third kappa shape index (κ3) is 5.72. The van der Waals surface area contributed by atoms with Crippen molar-refractivity contribution in [3.05, 3.63) is 45.1 Å². The zero-order chi connectivity index (χ0) is 21.8. The second-order valence-electron chi connectivity index (χ2n) is 6.36. The molecule has 1 aromatic carbocycles. The first-order valence-electron chi connectivity index (χ1n) is 8.75. The van der Waals surface area contributed by atoms with Crippen molar-refractivity contribution >= 4 is 68.9 Å². The van der Waals surface area contributed by atoms with Crippen molar-refractivity contribution in [1.82, 2.24) is 19.7 Å². The third-order valence-corrected chi connectivity index (χ3v) is 6.70. The van der Waals surface area contributed by atoms with Gasteiger partial charge in [-0.1, -0.05) is 35.0 Å². The molecule has 0 aliphatic carbocycles. The summed E-state index contributed by atoms with van der Waals surface area (Å²) in [4.78, 5) is 28.9. The summed E-state index contributed by atoms with van der Waals surface area (Å²) >= 11 is 14.5. The summed E-state index contributed by atoms with van der Waals surface area (Å²) in [5, 5.41) is 17.0. The highest BCUT2D eigenvalue weighted by molar-refractivity contribution is 8.00. The van der Waals surface area contributed by atoms with Gasteiger partial charge in [0.25, 0.3) is 0 Å². The SMILES string of the molecule is Cc1csc(NC(=O)C(C)Sc2nnc(CC(=O)Nc3ccc(Cl)c(Cl)c3)n2C)n1. The number of anilines is 2. The molecule has 12 heteroatoms. The van der Waals surface area contributed by atoms with Crippen LogP contribution in [0.5, 0.6) is 0 Å². The lowest BCUT2D eigenvalue weighted by Crippen LogP contribution is -2.23. The maximum Gasteiger partial charge on any atom is 0.239 e. The first-order valence-corrected chi connectivity index (χ1v) is 11.3. The zero-order valence-electron chi connectivity index (χ0n) is 16.3. The van der Waals surface area contributed by atoms with E-state index in [4.69, 9.17) is 23.2 Å². The fourth-order valence-electron chi connectivity index (χ4n) is 2.35. The number of hydrogen-bond acceptors (Lipinski definition) is 7. The van der Waals surface area contributed by atoms with Gasteiger partial charge in [0.2, 0.25) is 11.8 Å². The minimum absolute atomic E-state index is 0.0171. The lowest BCUT2D eigenvalue weighted by atomic mass is 10.3. The summed E-state index contributed by atoms with van der Waals surface area (Å²) < 4.78 is 1.69. The maximum atomic E-state index is 12.4. The lowest BCUT2D eigenvalue weighted by molar-refractivity contribution is -0.116. The van der Waals surface area contributed by atoms with E-state index in [9.17, 15) is 9.59 Å². The lowest BCUT2D eigenvalue weighted by Gasteiger charge is -2.10. The van der Waals surface area contributed by atoms with Crippen molar-refractivity contribution in [2.24, 2.45) is 7.05 Å². The largest absolute Gasteiger partial charge is 0.326 e. The molecule has 0 bridgehead atoms. The van der Waals surface area contributed by atoms with Crippen LogP contribution in [0.15, 0.2) is 28.7 Å². The molecule has 30 heavy (non-hydrogen) atoms. The third-order valence-electron chi connectivity index (χ3n) is 3.95. The van der Waals surface area contributed by atoms with Crippen LogP contribution in [0.3, 0.4) is 0 Å². The molecule has 2 aromatic heterocycles. The molecule has 1 unspecified atom stereocenters. The topological polar surface area (TPSA) is 102 Å². The Morgan fingerprint density at radius 1 is 1.23 bits per heavy atom. The van der Waals surface area contributed by atoms with Crippen LogP contribution >= 0.6 is 46.3 Å². The summed E-state index contributed by atoms with van der Waals surface area (Å²) in [6, 6.07) is 4.84. The van der Waals surface area contributed by atoms with Gasteiger partial charge in [0.1, 0.15) is 5.82 Å². The van der Waals surface area contributed by atoms with Crippen molar-refractivity contribution in [2.75, 3.05) is 10.6 Å². The van der Waals surface area contributed by atoms with Gasteiger partial charge >= 0.3 is 0 Å². The number of rotatable bonds is 7. The molecule has 3 rings (SSSR count). The molecule has 0 saturated heterocycles. The van der Waals surface area contributed by atoms with Gasteiger partial charge in [-0.2, -0.15) is 0 Å². The predicted molar refractivity (Wildman–Crippen MR) is 121 cm³/mol. The highest BCUT2D eigenvalue weighted by Crippen LogP contribution is 2.26. The van der Waals surface area contributed by atoms with Gasteiger partial charge in [-0.3, -0.25) is 9.59 Å². The first-order chi connectivity index (χ1) is 14.2. The van der Waals surface area contributed by atoms with E-state index in [-0.39, 0.29) is 18.2 Å². The summed E-state index contributed by atoms with van der Waals surface area (Å²) in [7, 11) is 1.75. The molecule has 2 heterocycles. The Hall–Kier alpha value is -2.14. The van der Waals surface area contributed by atoms with Crippen molar-refractivity contribution < 1.29 is 9.59 Å². The van der Waals surface area contributed by atoms with Crippen LogP contribution in [0, 0.1) is 6.92 Å². The van der Waals surface area contributed by atoms with E-state index >= 15 is 0 Å². The quantitative estimate of drug-likeness (QED) is 0.487. The molecule has 1 atom stereocenters. The molecule has 2 amide bonds. The van der Waals surface area contributed by atoms with E-state index in [0.717, 1.165) is 5.69 Å². The number of carbonyl (C=O) groups excluding carboxylic acids is 2. The van der Waals surface area contributed by atoms with Gasteiger partial charge in [0.05, 0.1) is 27.4 Å². The molecule has 0 saturated carbocycles. The van der Waals surface area contributed by atoms with Crippen LogP contribution in [0.4, 0.5) is 10.8 Å². The number of aromatic nitrogens is 4. The van der Waals surface area contributed by atoms with Crippen LogP contribution in [0.25, 0.3) is 0 Å². The minimum atomic E-state index is -0.421. The molecule has 0 aliphatic rings. The van der Waals surface area contributed by atoms with Crippen molar-refractivity contribution in [3.63, 3.8) is 0 Å². The van der Waals surface area contributed by atoms with Gasteiger partial charge in [-0.15, -0.1) is 21.5 Å². The first kappa shape index (κ1) is 22.5. The Morgan fingerprint density at radius 3 is 2.67 bits per heavy atom. The normalized spacial score (nSPS) is 11.9. The number of benzene rings is 1. The maximum absolute atomic E-state index is 12.4. The Labute approximate surface area is 191 Å². The van der Waals surface area contributed by atoms with Crippen LogP contribution < -0.4 is 10.6 Å². The fourth-order valence-corrected chi connectivity index (χ4v) is 4.18. The summed E-state index contributed by atoms with van der Waals surface area (Å²) in [5.41, 5.74) is 1.39. The van der Waals surface area contributed by atoms with E-state index in [2.05, 4.69) is 25.8 Å². The van der Waals surface area contributed by atoms with Gasteiger partial charge in [-0.05, 0) is 32.0 Å². The molecule has 158 valence electrons. The summed E-state index contributed by atoms with van der Waals surface area (Å²) in [6.07, 6.45) is 0.0171. The van der Waals surface area contributed by atoms with Gasteiger partial charge in [0.15, 0.2) is 10.3 Å². The van der Waals surface area contributed by atoms with E-state index in [1.54, 1.807) is 36.7 Å². The Kier molecular flexibility index (Phi) is 7.35. The average Bonchev–Trinajstić information content (AvgIpc) is 3.24. The van der Waals surface area contributed by atoms with Crippen molar-refractivity contribution in [2.45, 2.75) is 30.7 Å². The van der Waals surface area contributed by atoms with Crippen LogP contribution in [-0.2, 0) is 23.1 Å². The van der Waals surface area contributed by atoms with Crippen LogP contribution in [0.1, 0.15) is 18.4 Å². The number of amides is 2. The van der Waals surface area contributed by atoms with Gasteiger partial charge < -0.3 is 15.2 Å². The monoisotopic (exact) mass is 484 g/mol. The highest BCUT2D eigenvalue weighted by atomic mass is 35.5. The Morgan fingerprint density at radius 2 is 2.00 bits per heavy atom. The number of nitrogens with one attached hydrogen (secondary N) is 2. The predicted octanol–water partition coefficient (Wildman–Crippen LogP) is 4.19. The smallest absolute Gasteiger partial charge is 0.239 e. The average molecular weight is 485 g/mol. The van der Waals surface area contributed by atoms with E-state index in [0.29, 0.717) is 31.8 Å². The second-order valence-corrected chi connectivity index (χ2v) is 9.34. The molecule has 3 aromatic rings. The van der Waals surface area contributed by atoms with Crippen LogP contribution in [0.2, 0.25) is 10.0 Å². The zero-order valence-corrected chi connectivity index (χ0v) is 19.4. The fraction of sp³-hybridized carbons (Fsp3) is 0.278. The Balaban J connectivity index is 1.58. The standard InChI is InChI=1S/C18H18Cl2N6O2S2/c1-9-8-29-17(21-9)23-16(28)10(2)30-18-25-24-14(26(18)3)7-15(27)22-11-4-5-12(19)13(20)6-11/h4-6,8,10H,7H2,1-3H3,(H,22,27)(H,21,23,28). The molecule has 0 spiro atoms. The molecule has 2 N–H and O–H groups in total. The number of hydrogen-bond donors (Lipinski definition) is 2. The van der Waals surface area contributed by atoms with Gasteiger partial charge in [-0.25, -0.2) is 4.98 Å².